The average molecular weight is 366 g/mol. The van der Waals surface area contributed by atoms with Crippen LogP contribution in [-0.4, -0.2) is 28.1 Å². The van der Waals surface area contributed by atoms with Crippen LogP contribution in [0.2, 0.25) is 0 Å². The summed E-state index contributed by atoms with van der Waals surface area (Å²) in [5.74, 6) is 0.971. The Hall–Kier alpha value is -2.73. The number of benzene rings is 2. The van der Waals surface area contributed by atoms with E-state index >= 15 is 0 Å². The van der Waals surface area contributed by atoms with Gasteiger partial charge in [0.2, 0.25) is 0 Å². The molecular formula is C20H22N4OS. The van der Waals surface area contributed by atoms with Crippen molar-refractivity contribution < 1.29 is 4.79 Å². The maximum Gasteiger partial charge on any atom is 0.319 e. The summed E-state index contributed by atoms with van der Waals surface area (Å²) < 4.78 is 1.84. The molecule has 134 valence electrons. The summed E-state index contributed by atoms with van der Waals surface area (Å²) in [5, 5.41) is 10.1. The van der Waals surface area contributed by atoms with Crippen LogP contribution in [0.5, 0.6) is 0 Å². The van der Waals surface area contributed by atoms with E-state index < -0.39 is 0 Å². The smallest absolute Gasteiger partial charge is 0.319 e. The SMILES string of the molecule is Cc1ccnn1-c1cccc(NC(=O)NCCCSc2ccccc2)c1. The monoisotopic (exact) mass is 366 g/mol. The van der Waals surface area contributed by atoms with E-state index in [0.717, 1.165) is 29.2 Å². The molecule has 0 spiro atoms. The molecular weight excluding hydrogens is 344 g/mol. The lowest BCUT2D eigenvalue weighted by molar-refractivity contribution is 0.252. The van der Waals surface area contributed by atoms with Crippen molar-refractivity contribution in [3.8, 4) is 5.69 Å². The van der Waals surface area contributed by atoms with Gasteiger partial charge in [0.05, 0.1) is 5.69 Å². The van der Waals surface area contributed by atoms with E-state index in [9.17, 15) is 4.79 Å². The van der Waals surface area contributed by atoms with E-state index in [1.165, 1.54) is 4.90 Å². The van der Waals surface area contributed by atoms with Crippen molar-refractivity contribution in [2.45, 2.75) is 18.2 Å². The lowest BCUT2D eigenvalue weighted by atomic mass is 10.2. The summed E-state index contributed by atoms with van der Waals surface area (Å²) in [6.45, 7) is 2.64. The summed E-state index contributed by atoms with van der Waals surface area (Å²) in [5.41, 5.74) is 2.71. The lowest BCUT2D eigenvalue weighted by Gasteiger charge is -2.10. The number of aryl methyl sites for hydroxylation is 1. The Morgan fingerprint density at radius 2 is 1.96 bits per heavy atom. The van der Waals surface area contributed by atoms with Gasteiger partial charge in [0.15, 0.2) is 0 Å². The third kappa shape index (κ3) is 5.13. The molecule has 2 aromatic carbocycles. The van der Waals surface area contributed by atoms with Crippen LogP contribution in [0.3, 0.4) is 0 Å². The summed E-state index contributed by atoms with van der Waals surface area (Å²) in [4.78, 5) is 13.3. The van der Waals surface area contributed by atoms with Crippen LogP contribution in [0.1, 0.15) is 12.1 Å². The van der Waals surface area contributed by atoms with Gasteiger partial charge in [-0.25, -0.2) is 9.48 Å². The zero-order valence-electron chi connectivity index (χ0n) is 14.7. The quantitative estimate of drug-likeness (QED) is 0.479. The zero-order chi connectivity index (χ0) is 18.2. The number of carbonyl (C=O) groups is 1. The zero-order valence-corrected chi connectivity index (χ0v) is 15.5. The molecule has 0 saturated carbocycles. The van der Waals surface area contributed by atoms with Crippen molar-refractivity contribution in [2.75, 3.05) is 17.6 Å². The van der Waals surface area contributed by atoms with Gasteiger partial charge in [-0.3, -0.25) is 0 Å². The standard InChI is InChI=1S/C20H22N4OS/c1-16-11-13-22-24(16)18-8-5-7-17(15-18)23-20(25)21-12-6-14-26-19-9-3-2-4-10-19/h2-5,7-11,13,15H,6,12,14H2,1H3,(H2,21,23,25). The fourth-order valence-electron chi connectivity index (χ4n) is 2.51. The van der Waals surface area contributed by atoms with Gasteiger partial charge in [0.1, 0.15) is 0 Å². The van der Waals surface area contributed by atoms with Gasteiger partial charge in [-0.2, -0.15) is 5.10 Å². The van der Waals surface area contributed by atoms with Gasteiger partial charge in [0.25, 0.3) is 0 Å². The number of hydrogen-bond donors (Lipinski definition) is 2. The number of aromatic nitrogens is 2. The molecule has 3 aromatic rings. The van der Waals surface area contributed by atoms with Gasteiger partial charge in [0, 0.05) is 29.0 Å². The number of anilines is 1. The van der Waals surface area contributed by atoms with Gasteiger partial charge in [-0.15, -0.1) is 11.8 Å². The molecule has 1 aromatic heterocycles. The van der Waals surface area contributed by atoms with Crippen molar-refractivity contribution in [3.05, 3.63) is 72.6 Å². The predicted molar refractivity (Wildman–Crippen MR) is 107 cm³/mol. The topological polar surface area (TPSA) is 59.0 Å². The molecule has 0 radical (unpaired) electrons. The predicted octanol–water partition coefficient (Wildman–Crippen LogP) is 4.48. The Kier molecular flexibility index (Phi) is 6.33. The van der Waals surface area contributed by atoms with Gasteiger partial charge < -0.3 is 10.6 Å². The average Bonchev–Trinajstić information content (AvgIpc) is 3.08. The number of nitrogens with zero attached hydrogens (tertiary/aromatic N) is 2. The first kappa shape index (κ1) is 18.1. The Balaban J connectivity index is 1.43. The largest absolute Gasteiger partial charge is 0.338 e. The van der Waals surface area contributed by atoms with Crippen LogP contribution in [0.15, 0.2) is 71.8 Å². The molecule has 6 heteroatoms. The van der Waals surface area contributed by atoms with Crippen molar-refractivity contribution in [2.24, 2.45) is 0 Å². The van der Waals surface area contributed by atoms with E-state index in [1.807, 2.05) is 60.1 Å². The molecule has 0 fully saturated rings. The molecule has 26 heavy (non-hydrogen) atoms. The molecule has 2 N–H and O–H groups in total. The van der Waals surface area contributed by atoms with E-state index in [4.69, 9.17) is 0 Å². The highest BCUT2D eigenvalue weighted by atomic mass is 32.2. The summed E-state index contributed by atoms with van der Waals surface area (Å²) in [6.07, 6.45) is 2.68. The fourth-order valence-corrected chi connectivity index (χ4v) is 3.39. The molecule has 1 heterocycles. The van der Waals surface area contributed by atoms with Crippen LogP contribution < -0.4 is 10.6 Å². The minimum Gasteiger partial charge on any atom is -0.338 e. The number of nitrogens with one attached hydrogen (secondary N) is 2. The summed E-state index contributed by atoms with van der Waals surface area (Å²) in [6, 6.07) is 19.7. The highest BCUT2D eigenvalue weighted by Gasteiger charge is 2.05. The molecule has 0 unspecified atom stereocenters. The number of carbonyl (C=O) groups excluding carboxylic acids is 1. The van der Waals surface area contributed by atoms with Crippen molar-refractivity contribution in [1.82, 2.24) is 15.1 Å². The molecule has 0 saturated heterocycles. The number of rotatable bonds is 7. The van der Waals surface area contributed by atoms with Crippen LogP contribution in [0.25, 0.3) is 5.69 Å². The molecule has 5 nitrogen and oxygen atoms in total. The first-order valence-electron chi connectivity index (χ1n) is 8.56. The Morgan fingerprint density at radius 3 is 2.73 bits per heavy atom. The Bertz CT molecular complexity index is 848. The van der Waals surface area contributed by atoms with Crippen LogP contribution in [-0.2, 0) is 0 Å². The van der Waals surface area contributed by atoms with Crippen LogP contribution >= 0.6 is 11.8 Å². The maximum absolute atomic E-state index is 12.1. The number of thioether (sulfide) groups is 1. The molecule has 0 aliphatic heterocycles. The van der Waals surface area contributed by atoms with Crippen molar-refractivity contribution >= 4 is 23.5 Å². The number of hydrogen-bond acceptors (Lipinski definition) is 3. The molecule has 0 aliphatic carbocycles. The molecule has 0 aliphatic rings. The lowest BCUT2D eigenvalue weighted by Crippen LogP contribution is -2.29. The summed E-state index contributed by atoms with van der Waals surface area (Å²) >= 11 is 1.80. The molecule has 3 rings (SSSR count). The second-order valence-electron chi connectivity index (χ2n) is 5.83. The van der Waals surface area contributed by atoms with E-state index in [0.29, 0.717) is 6.54 Å². The van der Waals surface area contributed by atoms with Crippen molar-refractivity contribution in [3.63, 3.8) is 0 Å². The maximum atomic E-state index is 12.1. The third-order valence-electron chi connectivity index (χ3n) is 3.80. The van der Waals surface area contributed by atoms with E-state index in [2.05, 4.69) is 27.9 Å². The highest BCUT2D eigenvalue weighted by molar-refractivity contribution is 7.99. The number of amides is 2. The van der Waals surface area contributed by atoms with Gasteiger partial charge >= 0.3 is 6.03 Å². The van der Waals surface area contributed by atoms with Gasteiger partial charge in [-0.05, 0) is 55.5 Å². The van der Waals surface area contributed by atoms with E-state index in [-0.39, 0.29) is 6.03 Å². The summed E-state index contributed by atoms with van der Waals surface area (Å²) in [7, 11) is 0. The molecule has 0 bridgehead atoms. The van der Waals surface area contributed by atoms with E-state index in [1.54, 1.807) is 18.0 Å². The Labute approximate surface area is 157 Å². The molecule has 0 atom stereocenters. The van der Waals surface area contributed by atoms with Crippen molar-refractivity contribution in [1.29, 1.82) is 0 Å². The third-order valence-corrected chi connectivity index (χ3v) is 4.90. The van der Waals surface area contributed by atoms with Crippen LogP contribution in [0, 0.1) is 6.92 Å². The minimum absolute atomic E-state index is 0.191. The first-order chi connectivity index (χ1) is 12.7. The fraction of sp³-hybridized carbons (Fsp3) is 0.200. The second-order valence-corrected chi connectivity index (χ2v) is 7.00. The Morgan fingerprint density at radius 1 is 1.12 bits per heavy atom. The minimum atomic E-state index is -0.191. The first-order valence-corrected chi connectivity index (χ1v) is 9.55. The normalized spacial score (nSPS) is 10.5. The highest BCUT2D eigenvalue weighted by Crippen LogP contribution is 2.17. The number of urea groups is 1. The van der Waals surface area contributed by atoms with Crippen LogP contribution in [0.4, 0.5) is 10.5 Å². The molecule has 2 amide bonds. The second kappa shape index (κ2) is 9.10. The van der Waals surface area contributed by atoms with Gasteiger partial charge in [-0.1, -0.05) is 24.3 Å².